The highest BCUT2D eigenvalue weighted by atomic mass is 16.5. The van der Waals surface area contributed by atoms with Gasteiger partial charge >= 0.3 is 0 Å². The summed E-state index contributed by atoms with van der Waals surface area (Å²) < 4.78 is 5.58. The van der Waals surface area contributed by atoms with E-state index in [0.29, 0.717) is 22.9 Å². The van der Waals surface area contributed by atoms with Crippen molar-refractivity contribution in [2.24, 2.45) is 0 Å². The van der Waals surface area contributed by atoms with Crippen LogP contribution in [0.1, 0.15) is 53.7 Å². The number of hydrogen-bond donors (Lipinski definition) is 1. The highest BCUT2D eigenvalue weighted by Gasteiger charge is 2.24. The van der Waals surface area contributed by atoms with Gasteiger partial charge in [-0.2, -0.15) is 0 Å². The number of nitrogens with one attached hydrogen (secondary N) is 1. The number of rotatable bonds is 5. The second-order valence-corrected chi connectivity index (χ2v) is 8.74. The van der Waals surface area contributed by atoms with Gasteiger partial charge in [0.15, 0.2) is 5.58 Å². The van der Waals surface area contributed by atoms with Crippen molar-refractivity contribution in [1.82, 2.24) is 15.4 Å². The maximum absolute atomic E-state index is 12.6. The van der Waals surface area contributed by atoms with E-state index in [0.717, 1.165) is 60.8 Å². The molecule has 6 heteroatoms. The lowest BCUT2D eigenvalue weighted by Gasteiger charge is -2.26. The lowest BCUT2D eigenvalue weighted by molar-refractivity contribution is -0.131. The second-order valence-electron chi connectivity index (χ2n) is 8.74. The van der Waals surface area contributed by atoms with Crippen LogP contribution in [-0.4, -0.2) is 41.0 Å². The number of aromatic nitrogens is 1. The Morgan fingerprint density at radius 3 is 2.68 bits per heavy atom. The number of aryl methyl sites for hydroxylation is 1. The molecule has 0 bridgehead atoms. The number of carbonyl (C=O) groups is 2. The fraction of sp³-hybridized carbons (Fsp3) is 0.400. The van der Waals surface area contributed by atoms with Crippen LogP contribution in [0.5, 0.6) is 0 Å². The van der Waals surface area contributed by atoms with Crippen molar-refractivity contribution in [3.8, 4) is 11.1 Å². The van der Waals surface area contributed by atoms with E-state index >= 15 is 0 Å². The molecule has 5 rings (SSSR count). The maximum atomic E-state index is 12.6. The van der Waals surface area contributed by atoms with Crippen LogP contribution >= 0.6 is 0 Å². The molecule has 1 aromatic heterocycles. The van der Waals surface area contributed by atoms with E-state index in [9.17, 15) is 9.59 Å². The zero-order valence-corrected chi connectivity index (χ0v) is 17.8. The van der Waals surface area contributed by atoms with Gasteiger partial charge in [-0.05, 0) is 80.0 Å². The van der Waals surface area contributed by atoms with Gasteiger partial charge in [-0.1, -0.05) is 17.3 Å². The molecule has 3 aromatic rings. The number of piperidine rings is 1. The topological polar surface area (TPSA) is 75.4 Å². The average Bonchev–Trinajstić information content (AvgIpc) is 3.52. The lowest BCUT2D eigenvalue weighted by Crippen LogP contribution is -2.36. The molecule has 0 radical (unpaired) electrons. The number of amides is 2. The van der Waals surface area contributed by atoms with Crippen LogP contribution in [-0.2, 0) is 11.2 Å². The minimum Gasteiger partial charge on any atom is -0.356 e. The Hall–Kier alpha value is -3.15. The molecule has 0 unspecified atom stereocenters. The van der Waals surface area contributed by atoms with E-state index in [1.807, 2.05) is 48.2 Å². The highest BCUT2D eigenvalue weighted by Crippen LogP contribution is 2.30. The number of likely N-dealkylation sites (tertiary alicyclic amines) is 1. The number of nitrogens with zero attached hydrogens (tertiary/aromatic N) is 2. The third kappa shape index (κ3) is 4.20. The van der Waals surface area contributed by atoms with Crippen molar-refractivity contribution in [2.75, 3.05) is 13.1 Å². The minimum absolute atomic E-state index is 0.0250. The summed E-state index contributed by atoms with van der Waals surface area (Å²) in [5.41, 5.74) is 5.06. The molecule has 160 valence electrons. The molecule has 2 aromatic carbocycles. The first-order valence-corrected chi connectivity index (χ1v) is 11.2. The molecule has 1 aliphatic heterocycles. The number of fused-ring (bicyclic) bond motifs is 1. The van der Waals surface area contributed by atoms with E-state index < -0.39 is 0 Å². The molecule has 1 saturated heterocycles. The van der Waals surface area contributed by atoms with Gasteiger partial charge in [0.25, 0.3) is 5.91 Å². The van der Waals surface area contributed by atoms with Crippen LogP contribution < -0.4 is 5.32 Å². The zero-order valence-electron chi connectivity index (χ0n) is 17.8. The normalized spacial score (nSPS) is 16.5. The summed E-state index contributed by atoms with van der Waals surface area (Å²) in [5, 5.41) is 8.10. The Bertz CT molecular complexity index is 1140. The molecular formula is C25H27N3O3. The first-order valence-electron chi connectivity index (χ1n) is 11.2. The minimum atomic E-state index is -0.0250. The Balaban J connectivity index is 1.39. The first-order chi connectivity index (χ1) is 15.1. The fourth-order valence-electron chi connectivity index (χ4n) is 4.25. The number of carbonyl (C=O) groups excluding carboxylic acids is 2. The van der Waals surface area contributed by atoms with Crippen LogP contribution in [0.2, 0.25) is 0 Å². The predicted octanol–water partition coefficient (Wildman–Crippen LogP) is 4.25. The fourth-order valence-corrected chi connectivity index (χ4v) is 4.25. The lowest BCUT2D eigenvalue weighted by atomic mass is 9.96. The Kier molecular flexibility index (Phi) is 5.22. The quantitative estimate of drug-likeness (QED) is 0.673. The van der Waals surface area contributed by atoms with Crippen LogP contribution in [0.25, 0.3) is 22.1 Å². The van der Waals surface area contributed by atoms with Crippen LogP contribution in [0.3, 0.4) is 0 Å². The molecule has 2 heterocycles. The van der Waals surface area contributed by atoms with Crippen molar-refractivity contribution in [3.05, 3.63) is 53.2 Å². The Morgan fingerprint density at radius 1 is 1.10 bits per heavy atom. The van der Waals surface area contributed by atoms with E-state index in [1.54, 1.807) is 0 Å². The maximum Gasteiger partial charge on any atom is 0.251 e. The van der Waals surface area contributed by atoms with E-state index in [-0.39, 0.29) is 18.2 Å². The molecule has 2 aliphatic rings. The first kappa shape index (κ1) is 19.8. The molecule has 6 nitrogen and oxygen atoms in total. The van der Waals surface area contributed by atoms with Gasteiger partial charge in [-0.25, -0.2) is 0 Å². The summed E-state index contributed by atoms with van der Waals surface area (Å²) in [6, 6.07) is 12.0. The van der Waals surface area contributed by atoms with Gasteiger partial charge in [0.1, 0.15) is 5.69 Å². The summed E-state index contributed by atoms with van der Waals surface area (Å²) in [6.07, 6.45) is 5.74. The highest BCUT2D eigenvalue weighted by molar-refractivity contribution is 5.96. The third-order valence-electron chi connectivity index (χ3n) is 6.30. The molecule has 1 aliphatic carbocycles. The SMILES string of the molecule is Cc1ccc(C(=O)NC2CC2)cc1-c1ccc2c(CC(=O)N3CCCCC3)noc2c1. The molecule has 2 fully saturated rings. The standard InChI is InChI=1S/C25H27N3O3/c1-16-5-6-18(25(30)26-19-8-9-19)13-21(16)17-7-10-20-22(27-31-23(20)14-17)15-24(29)28-11-3-2-4-12-28/h5-7,10,13-14,19H,2-4,8-9,11-12,15H2,1H3,(H,26,30). The second kappa shape index (κ2) is 8.17. The number of hydrogen-bond acceptors (Lipinski definition) is 4. The number of benzene rings is 2. The largest absolute Gasteiger partial charge is 0.356 e. The predicted molar refractivity (Wildman–Crippen MR) is 119 cm³/mol. The van der Waals surface area contributed by atoms with Gasteiger partial charge in [0.05, 0.1) is 6.42 Å². The van der Waals surface area contributed by atoms with E-state index in [4.69, 9.17) is 4.52 Å². The molecule has 2 amide bonds. The van der Waals surface area contributed by atoms with E-state index in [1.165, 1.54) is 6.42 Å². The molecule has 0 spiro atoms. The van der Waals surface area contributed by atoms with Crippen LogP contribution in [0.15, 0.2) is 40.9 Å². The van der Waals surface area contributed by atoms with Crippen molar-refractivity contribution >= 4 is 22.8 Å². The van der Waals surface area contributed by atoms with Gasteiger partial charge in [0, 0.05) is 30.1 Å². The molecule has 1 N–H and O–H groups in total. The Morgan fingerprint density at radius 2 is 1.90 bits per heavy atom. The Labute approximate surface area is 181 Å². The van der Waals surface area contributed by atoms with Gasteiger partial charge in [0.2, 0.25) is 5.91 Å². The van der Waals surface area contributed by atoms with Gasteiger partial charge in [-0.15, -0.1) is 0 Å². The zero-order chi connectivity index (χ0) is 21.4. The summed E-state index contributed by atoms with van der Waals surface area (Å²) in [4.78, 5) is 27.0. The molecule has 31 heavy (non-hydrogen) atoms. The summed E-state index contributed by atoms with van der Waals surface area (Å²) in [5.74, 6) is 0.0900. The molecule has 0 atom stereocenters. The van der Waals surface area contributed by atoms with Crippen molar-refractivity contribution < 1.29 is 14.1 Å². The average molecular weight is 418 g/mol. The summed E-state index contributed by atoms with van der Waals surface area (Å²) in [6.45, 7) is 3.70. The van der Waals surface area contributed by atoms with Crippen molar-refractivity contribution in [1.29, 1.82) is 0 Å². The van der Waals surface area contributed by atoms with Crippen LogP contribution in [0.4, 0.5) is 0 Å². The van der Waals surface area contributed by atoms with Gasteiger partial charge in [-0.3, -0.25) is 9.59 Å². The summed E-state index contributed by atoms with van der Waals surface area (Å²) in [7, 11) is 0. The molecule has 1 saturated carbocycles. The third-order valence-corrected chi connectivity index (χ3v) is 6.30. The van der Waals surface area contributed by atoms with E-state index in [2.05, 4.69) is 10.5 Å². The smallest absolute Gasteiger partial charge is 0.251 e. The monoisotopic (exact) mass is 417 g/mol. The van der Waals surface area contributed by atoms with Gasteiger partial charge < -0.3 is 14.7 Å². The van der Waals surface area contributed by atoms with Crippen LogP contribution in [0, 0.1) is 6.92 Å². The van der Waals surface area contributed by atoms with Crippen molar-refractivity contribution in [2.45, 2.75) is 51.5 Å². The van der Waals surface area contributed by atoms with Crippen molar-refractivity contribution in [3.63, 3.8) is 0 Å². The molecular weight excluding hydrogens is 390 g/mol. The summed E-state index contributed by atoms with van der Waals surface area (Å²) >= 11 is 0.